The Balaban J connectivity index is 2.08. The molecule has 0 radical (unpaired) electrons. The van der Waals surface area contributed by atoms with Crippen molar-refractivity contribution in [1.82, 2.24) is 5.32 Å². The van der Waals surface area contributed by atoms with Gasteiger partial charge in [-0.2, -0.15) is 0 Å². The first-order chi connectivity index (χ1) is 9.19. The number of amidine groups is 1. The fourth-order valence-electron chi connectivity index (χ4n) is 1.62. The van der Waals surface area contributed by atoms with Crippen molar-refractivity contribution >= 4 is 28.9 Å². The van der Waals surface area contributed by atoms with Gasteiger partial charge in [-0.1, -0.05) is 25.5 Å². The molecule has 0 aromatic heterocycles. The molecule has 0 spiro atoms. The van der Waals surface area contributed by atoms with Crippen LogP contribution in [0.4, 0.5) is 0 Å². The molecule has 1 aromatic rings. The number of unbranched alkanes of at least 4 members (excludes halogenated alkanes) is 1. The summed E-state index contributed by atoms with van der Waals surface area (Å²) in [5, 5.41) is 10.0. The van der Waals surface area contributed by atoms with E-state index in [1.54, 1.807) is 6.08 Å². The third-order valence-corrected chi connectivity index (χ3v) is 3.41. The Kier molecular flexibility index (Phi) is 4.63. The molecule has 0 aliphatic carbocycles. The fourth-order valence-corrected chi connectivity index (χ4v) is 2.32. The maximum atomic E-state index is 11.5. The summed E-state index contributed by atoms with van der Waals surface area (Å²) in [5.74, 6) is 0.591. The van der Waals surface area contributed by atoms with Crippen LogP contribution < -0.4 is 10.1 Å². The van der Waals surface area contributed by atoms with Gasteiger partial charge in [0.25, 0.3) is 5.91 Å². The van der Waals surface area contributed by atoms with Crippen LogP contribution in [0, 0.1) is 5.41 Å². The Hall–Kier alpha value is -1.75. The highest BCUT2D eigenvalue weighted by atomic mass is 32.2. The number of carbonyl (C=O) groups is 1. The topological polar surface area (TPSA) is 62.2 Å². The van der Waals surface area contributed by atoms with Crippen LogP contribution in [-0.4, -0.2) is 17.7 Å². The largest absolute Gasteiger partial charge is 0.494 e. The predicted octanol–water partition coefficient (Wildman–Crippen LogP) is 3.00. The molecular formula is C14H16N2O2S. The van der Waals surface area contributed by atoms with Crippen molar-refractivity contribution in [1.29, 1.82) is 5.41 Å². The maximum Gasteiger partial charge on any atom is 0.264 e. The molecule has 5 heteroatoms. The van der Waals surface area contributed by atoms with Crippen LogP contribution in [-0.2, 0) is 4.79 Å². The number of benzene rings is 1. The molecule has 2 N–H and O–H groups in total. The minimum atomic E-state index is -0.215. The Morgan fingerprint density at radius 1 is 1.47 bits per heavy atom. The first kappa shape index (κ1) is 13.7. The van der Waals surface area contributed by atoms with Gasteiger partial charge < -0.3 is 10.1 Å². The lowest BCUT2D eigenvalue weighted by Crippen LogP contribution is -2.18. The summed E-state index contributed by atoms with van der Waals surface area (Å²) >= 11 is 1.14. The first-order valence-corrected chi connectivity index (χ1v) is 7.03. The van der Waals surface area contributed by atoms with Crippen LogP contribution in [0.2, 0.25) is 0 Å². The van der Waals surface area contributed by atoms with Crippen LogP contribution in [0.25, 0.3) is 6.08 Å². The van der Waals surface area contributed by atoms with Gasteiger partial charge in [-0.3, -0.25) is 10.2 Å². The van der Waals surface area contributed by atoms with E-state index < -0.39 is 0 Å². The van der Waals surface area contributed by atoms with Crippen molar-refractivity contribution in [3.05, 3.63) is 34.7 Å². The molecule has 0 unspecified atom stereocenters. The minimum Gasteiger partial charge on any atom is -0.494 e. The first-order valence-electron chi connectivity index (χ1n) is 6.21. The predicted molar refractivity (Wildman–Crippen MR) is 78.3 cm³/mol. The zero-order valence-electron chi connectivity index (χ0n) is 10.7. The number of carbonyl (C=O) groups excluding carboxylic acids is 1. The highest BCUT2D eigenvalue weighted by molar-refractivity contribution is 8.18. The smallest absolute Gasteiger partial charge is 0.264 e. The lowest BCUT2D eigenvalue weighted by Gasteiger charge is -2.05. The third-order valence-electron chi connectivity index (χ3n) is 2.59. The van der Waals surface area contributed by atoms with Crippen molar-refractivity contribution in [3.8, 4) is 5.75 Å². The van der Waals surface area contributed by atoms with Crippen LogP contribution in [0.5, 0.6) is 5.75 Å². The number of hydrogen-bond acceptors (Lipinski definition) is 4. The van der Waals surface area contributed by atoms with Crippen LogP contribution >= 0.6 is 11.8 Å². The number of hydrogen-bond donors (Lipinski definition) is 2. The van der Waals surface area contributed by atoms with E-state index in [0.717, 1.165) is 35.9 Å². The minimum absolute atomic E-state index is 0.173. The molecule has 100 valence electrons. The number of nitrogens with one attached hydrogen (secondary N) is 2. The van der Waals surface area contributed by atoms with E-state index in [2.05, 4.69) is 12.2 Å². The summed E-state index contributed by atoms with van der Waals surface area (Å²) < 4.78 is 5.62. The lowest BCUT2D eigenvalue weighted by atomic mass is 10.2. The molecule has 0 bridgehead atoms. The van der Waals surface area contributed by atoms with E-state index in [0.29, 0.717) is 11.5 Å². The Bertz CT molecular complexity index is 526. The summed E-state index contributed by atoms with van der Waals surface area (Å²) in [4.78, 5) is 12.1. The zero-order chi connectivity index (χ0) is 13.7. The summed E-state index contributed by atoms with van der Waals surface area (Å²) in [6.45, 7) is 2.82. The molecule has 1 aliphatic rings. The Morgan fingerprint density at radius 2 is 2.32 bits per heavy atom. The average Bonchev–Trinajstić information content (AvgIpc) is 2.69. The molecule has 19 heavy (non-hydrogen) atoms. The highest BCUT2D eigenvalue weighted by Gasteiger charge is 2.22. The highest BCUT2D eigenvalue weighted by Crippen LogP contribution is 2.26. The van der Waals surface area contributed by atoms with Crippen molar-refractivity contribution in [2.75, 3.05) is 6.61 Å². The van der Waals surface area contributed by atoms with Gasteiger partial charge >= 0.3 is 0 Å². The van der Waals surface area contributed by atoms with Gasteiger partial charge in [0.2, 0.25) is 0 Å². The van der Waals surface area contributed by atoms with Crippen LogP contribution in [0.15, 0.2) is 29.2 Å². The van der Waals surface area contributed by atoms with E-state index in [1.807, 2.05) is 24.3 Å². The van der Waals surface area contributed by atoms with E-state index in [9.17, 15) is 4.79 Å². The monoisotopic (exact) mass is 276 g/mol. The summed E-state index contributed by atoms with van der Waals surface area (Å²) in [5.41, 5.74) is 0.904. The quantitative estimate of drug-likeness (QED) is 0.642. The molecule has 1 aromatic carbocycles. The van der Waals surface area contributed by atoms with Gasteiger partial charge in [-0.15, -0.1) is 0 Å². The number of amides is 1. The fraction of sp³-hybridized carbons (Fsp3) is 0.286. The Morgan fingerprint density at radius 3 is 3.00 bits per heavy atom. The van der Waals surface area contributed by atoms with Crippen molar-refractivity contribution < 1.29 is 9.53 Å². The van der Waals surface area contributed by atoms with Crippen LogP contribution in [0.3, 0.4) is 0 Å². The van der Waals surface area contributed by atoms with E-state index >= 15 is 0 Å². The molecular weight excluding hydrogens is 260 g/mol. The lowest BCUT2D eigenvalue weighted by molar-refractivity contribution is -0.115. The van der Waals surface area contributed by atoms with Gasteiger partial charge in [-0.25, -0.2) is 0 Å². The second-order valence-electron chi connectivity index (χ2n) is 4.17. The summed E-state index contributed by atoms with van der Waals surface area (Å²) in [6.07, 6.45) is 3.90. The second kappa shape index (κ2) is 6.43. The van der Waals surface area contributed by atoms with Gasteiger partial charge in [0.05, 0.1) is 11.5 Å². The molecule has 1 heterocycles. The summed E-state index contributed by atoms with van der Waals surface area (Å²) in [6, 6.07) is 7.62. The third kappa shape index (κ3) is 3.86. The van der Waals surface area contributed by atoms with Crippen molar-refractivity contribution in [2.45, 2.75) is 19.8 Å². The van der Waals surface area contributed by atoms with Gasteiger partial charge in [0.1, 0.15) is 5.75 Å². The van der Waals surface area contributed by atoms with E-state index in [1.165, 1.54) is 0 Å². The van der Waals surface area contributed by atoms with Gasteiger partial charge in [0.15, 0.2) is 5.17 Å². The Labute approximate surface area is 116 Å². The number of thioether (sulfide) groups is 1. The molecule has 1 saturated heterocycles. The van der Waals surface area contributed by atoms with E-state index in [-0.39, 0.29) is 11.1 Å². The number of ether oxygens (including phenoxy) is 1. The van der Waals surface area contributed by atoms with E-state index in [4.69, 9.17) is 10.1 Å². The number of rotatable bonds is 5. The van der Waals surface area contributed by atoms with Gasteiger partial charge in [-0.05, 0) is 42.0 Å². The zero-order valence-corrected chi connectivity index (χ0v) is 11.5. The molecule has 0 saturated carbocycles. The molecule has 1 fully saturated rings. The molecule has 0 atom stereocenters. The normalized spacial score (nSPS) is 16.8. The van der Waals surface area contributed by atoms with Crippen molar-refractivity contribution in [3.63, 3.8) is 0 Å². The average molecular weight is 276 g/mol. The standard InChI is InChI=1S/C14H16N2O2S/c1-2-3-7-18-11-6-4-5-10(8-11)9-12-13(17)16-14(15)19-12/h4-6,8-9H,2-3,7H2,1H3,(H2,15,16,17)/b12-9-. The maximum absolute atomic E-state index is 11.5. The molecule has 4 nitrogen and oxygen atoms in total. The molecule has 2 rings (SSSR count). The summed E-state index contributed by atoms with van der Waals surface area (Å²) in [7, 11) is 0. The van der Waals surface area contributed by atoms with Crippen molar-refractivity contribution in [2.24, 2.45) is 0 Å². The second-order valence-corrected chi connectivity index (χ2v) is 5.22. The molecule has 1 aliphatic heterocycles. The SMILES string of the molecule is CCCCOc1cccc(/C=C2\SC(=N)NC2=O)c1. The van der Waals surface area contributed by atoms with Crippen LogP contribution in [0.1, 0.15) is 25.3 Å². The van der Waals surface area contributed by atoms with Gasteiger partial charge in [0, 0.05) is 0 Å². The molecule has 1 amide bonds.